The van der Waals surface area contributed by atoms with Gasteiger partial charge < -0.3 is 10.2 Å². The third-order valence-corrected chi connectivity index (χ3v) is 7.34. The van der Waals surface area contributed by atoms with Crippen LogP contribution >= 0.6 is 0 Å². The van der Waals surface area contributed by atoms with E-state index < -0.39 is 0 Å². The second-order valence-corrected chi connectivity index (χ2v) is 9.18. The molecule has 1 aliphatic carbocycles. The van der Waals surface area contributed by atoms with Crippen LogP contribution in [-0.4, -0.2) is 42.5 Å². The summed E-state index contributed by atoms with van der Waals surface area (Å²) in [6.45, 7) is 5.79. The van der Waals surface area contributed by atoms with Crippen LogP contribution in [0.5, 0.6) is 0 Å². The van der Waals surface area contributed by atoms with Crippen molar-refractivity contribution in [2.45, 2.75) is 63.5 Å². The molecule has 158 valence electrons. The molecular weight excluding hydrogens is 370 g/mol. The summed E-state index contributed by atoms with van der Waals surface area (Å²) in [4.78, 5) is 18.1. The summed E-state index contributed by atoms with van der Waals surface area (Å²) in [5, 5.41) is 3.13. The van der Waals surface area contributed by atoms with Crippen molar-refractivity contribution in [3.8, 4) is 0 Å². The van der Waals surface area contributed by atoms with Crippen molar-refractivity contribution in [2.24, 2.45) is 0 Å². The van der Waals surface area contributed by atoms with Gasteiger partial charge in [-0.2, -0.15) is 0 Å². The molecule has 0 aromatic heterocycles. The highest BCUT2D eigenvalue weighted by atomic mass is 16.1. The Kier molecular flexibility index (Phi) is 5.51. The molecule has 2 unspecified atom stereocenters. The lowest BCUT2D eigenvalue weighted by Gasteiger charge is -2.41. The van der Waals surface area contributed by atoms with Gasteiger partial charge in [0.05, 0.1) is 0 Å². The Morgan fingerprint density at radius 1 is 1.07 bits per heavy atom. The zero-order valence-corrected chi connectivity index (χ0v) is 18.0. The largest absolute Gasteiger partial charge is 0.368 e. The third kappa shape index (κ3) is 3.62. The summed E-state index contributed by atoms with van der Waals surface area (Å²) in [6, 6.07) is 17.4. The predicted octanol–water partition coefficient (Wildman–Crippen LogP) is 5.27. The molecule has 1 saturated heterocycles. The Bertz CT molecular complexity index is 890. The van der Waals surface area contributed by atoms with Crippen LogP contribution < -0.4 is 10.2 Å². The number of hydrogen-bond acceptors (Lipinski definition) is 3. The smallest absolute Gasteiger partial charge is 0.255 e. The number of piperidine rings is 1. The maximum atomic E-state index is 12.7. The molecular formula is C26H33N3O. The van der Waals surface area contributed by atoms with Crippen LogP contribution in [0.25, 0.3) is 0 Å². The Morgan fingerprint density at radius 2 is 1.87 bits per heavy atom. The number of amides is 1. The molecule has 0 spiro atoms. The molecule has 3 aliphatic rings. The maximum absolute atomic E-state index is 12.7. The van der Waals surface area contributed by atoms with Crippen molar-refractivity contribution in [2.75, 3.05) is 29.9 Å². The number of fused-ring (bicyclic) bond motifs is 3. The number of benzene rings is 2. The Balaban J connectivity index is 1.40. The van der Waals surface area contributed by atoms with Gasteiger partial charge in [-0.25, -0.2) is 0 Å². The van der Waals surface area contributed by atoms with Crippen molar-refractivity contribution in [1.29, 1.82) is 0 Å². The van der Waals surface area contributed by atoms with E-state index in [0.717, 1.165) is 18.3 Å². The van der Waals surface area contributed by atoms with E-state index in [0.29, 0.717) is 17.5 Å². The van der Waals surface area contributed by atoms with Crippen LogP contribution in [0.2, 0.25) is 0 Å². The van der Waals surface area contributed by atoms with Crippen LogP contribution in [0.1, 0.15) is 67.3 Å². The van der Waals surface area contributed by atoms with Gasteiger partial charge in [0.15, 0.2) is 0 Å². The Labute approximate surface area is 180 Å². The highest BCUT2D eigenvalue weighted by molar-refractivity contribution is 6.04. The summed E-state index contributed by atoms with van der Waals surface area (Å²) in [6.07, 6.45) is 7.95. The van der Waals surface area contributed by atoms with Crippen molar-refractivity contribution in [3.63, 3.8) is 0 Å². The summed E-state index contributed by atoms with van der Waals surface area (Å²) in [5.41, 5.74) is 4.44. The number of likely N-dealkylation sites (tertiary alicyclic amines) is 1. The second-order valence-electron chi connectivity index (χ2n) is 9.18. The lowest BCUT2D eigenvalue weighted by atomic mass is 9.88. The Morgan fingerprint density at radius 3 is 2.63 bits per heavy atom. The van der Waals surface area contributed by atoms with E-state index >= 15 is 0 Å². The first kappa shape index (κ1) is 19.6. The molecule has 2 fully saturated rings. The predicted molar refractivity (Wildman–Crippen MR) is 123 cm³/mol. The lowest BCUT2D eigenvalue weighted by molar-refractivity contribution is 0.102. The Hall–Kier alpha value is -2.33. The standard InChI is InChI=1S/C26H33N3O/c1-2-15-29-24-13-12-20(27-26(30)19-8-4-3-5-9-19)17-22(24)23-18-28(16-14-25(23)29)21-10-6-7-11-21/h3-5,8-9,12-13,17,21,23,25H,2,6-7,10-11,14-16,18H2,1H3,(H,27,30). The maximum Gasteiger partial charge on any atom is 0.255 e. The fourth-order valence-corrected chi connectivity index (χ4v) is 5.93. The number of carbonyl (C=O) groups excluding carboxylic acids is 1. The fraction of sp³-hybridized carbons (Fsp3) is 0.500. The quantitative estimate of drug-likeness (QED) is 0.739. The zero-order chi connectivity index (χ0) is 20.5. The minimum Gasteiger partial charge on any atom is -0.368 e. The molecule has 0 bridgehead atoms. The molecule has 2 atom stereocenters. The summed E-state index contributed by atoms with van der Waals surface area (Å²) in [5.74, 6) is 0.515. The van der Waals surface area contributed by atoms with Crippen LogP contribution in [0, 0.1) is 0 Å². The van der Waals surface area contributed by atoms with E-state index in [-0.39, 0.29) is 5.91 Å². The molecule has 2 aromatic rings. The van der Waals surface area contributed by atoms with E-state index in [2.05, 4.69) is 40.2 Å². The molecule has 0 radical (unpaired) electrons. The van der Waals surface area contributed by atoms with Crippen molar-refractivity contribution in [3.05, 3.63) is 59.7 Å². The number of nitrogens with one attached hydrogen (secondary N) is 1. The van der Waals surface area contributed by atoms with E-state index in [4.69, 9.17) is 0 Å². The van der Waals surface area contributed by atoms with E-state index in [1.807, 2.05) is 30.3 Å². The van der Waals surface area contributed by atoms with Crippen LogP contribution in [-0.2, 0) is 0 Å². The minimum atomic E-state index is -0.0354. The zero-order valence-electron chi connectivity index (χ0n) is 18.0. The fourth-order valence-electron chi connectivity index (χ4n) is 5.93. The normalized spacial score (nSPS) is 24.0. The van der Waals surface area contributed by atoms with Crippen molar-refractivity contribution >= 4 is 17.3 Å². The second kappa shape index (κ2) is 8.43. The van der Waals surface area contributed by atoms with Gasteiger partial charge >= 0.3 is 0 Å². The molecule has 1 amide bonds. The van der Waals surface area contributed by atoms with Crippen LogP contribution in [0.4, 0.5) is 11.4 Å². The number of nitrogens with zero attached hydrogens (tertiary/aromatic N) is 2. The van der Waals surface area contributed by atoms with E-state index in [9.17, 15) is 4.79 Å². The van der Waals surface area contributed by atoms with E-state index in [1.165, 1.54) is 62.9 Å². The summed E-state index contributed by atoms with van der Waals surface area (Å²) < 4.78 is 0. The molecule has 4 nitrogen and oxygen atoms in total. The lowest BCUT2D eigenvalue weighted by Crippen LogP contribution is -2.49. The molecule has 4 heteroatoms. The molecule has 2 aromatic carbocycles. The first-order valence-electron chi connectivity index (χ1n) is 11.8. The average molecular weight is 404 g/mol. The van der Waals surface area contributed by atoms with Gasteiger partial charge in [-0.3, -0.25) is 9.69 Å². The first-order valence-corrected chi connectivity index (χ1v) is 11.8. The monoisotopic (exact) mass is 403 g/mol. The highest BCUT2D eigenvalue weighted by Gasteiger charge is 2.43. The van der Waals surface area contributed by atoms with Crippen LogP contribution in [0.3, 0.4) is 0 Å². The first-order chi connectivity index (χ1) is 14.7. The van der Waals surface area contributed by atoms with Gasteiger partial charge in [-0.15, -0.1) is 0 Å². The molecule has 1 N–H and O–H groups in total. The average Bonchev–Trinajstić information content (AvgIpc) is 3.42. The highest BCUT2D eigenvalue weighted by Crippen LogP contribution is 2.46. The van der Waals surface area contributed by atoms with Gasteiger partial charge in [0, 0.05) is 54.6 Å². The molecule has 2 heterocycles. The summed E-state index contributed by atoms with van der Waals surface area (Å²) in [7, 11) is 0. The van der Waals surface area contributed by atoms with Gasteiger partial charge in [0.25, 0.3) is 5.91 Å². The molecule has 5 rings (SSSR count). The van der Waals surface area contributed by atoms with Crippen molar-refractivity contribution in [1.82, 2.24) is 4.90 Å². The number of anilines is 2. The van der Waals surface area contributed by atoms with Gasteiger partial charge in [-0.1, -0.05) is 38.0 Å². The van der Waals surface area contributed by atoms with Gasteiger partial charge in [0.2, 0.25) is 0 Å². The number of carbonyl (C=O) groups is 1. The summed E-state index contributed by atoms with van der Waals surface area (Å²) >= 11 is 0. The number of rotatable bonds is 5. The van der Waals surface area contributed by atoms with Crippen molar-refractivity contribution < 1.29 is 4.79 Å². The number of hydrogen-bond donors (Lipinski definition) is 1. The van der Waals surface area contributed by atoms with E-state index in [1.54, 1.807) is 0 Å². The van der Waals surface area contributed by atoms with Gasteiger partial charge in [0.1, 0.15) is 0 Å². The topological polar surface area (TPSA) is 35.6 Å². The van der Waals surface area contributed by atoms with Gasteiger partial charge in [-0.05, 0) is 61.6 Å². The van der Waals surface area contributed by atoms with Crippen LogP contribution in [0.15, 0.2) is 48.5 Å². The SMILES string of the molecule is CCCN1c2ccc(NC(=O)c3ccccc3)cc2C2CN(C3CCCC3)CCC21. The molecule has 2 aliphatic heterocycles. The molecule has 30 heavy (non-hydrogen) atoms. The third-order valence-electron chi connectivity index (χ3n) is 7.34. The minimum absolute atomic E-state index is 0.0354. The molecule has 1 saturated carbocycles.